The van der Waals surface area contributed by atoms with Gasteiger partial charge in [-0.1, -0.05) is 13.0 Å². The van der Waals surface area contributed by atoms with Crippen LogP contribution in [0, 0.1) is 0 Å². The van der Waals surface area contributed by atoms with Gasteiger partial charge in [-0.05, 0) is 18.7 Å². The second-order valence-electron chi connectivity index (χ2n) is 5.06. The van der Waals surface area contributed by atoms with E-state index in [-0.39, 0.29) is 0 Å². The fourth-order valence-electron chi connectivity index (χ4n) is 2.76. The number of nitrogens with one attached hydrogen (secondary N) is 1. The van der Waals surface area contributed by atoms with Crippen LogP contribution >= 0.6 is 0 Å². The lowest BCUT2D eigenvalue weighted by Crippen LogP contribution is -3.13. The van der Waals surface area contributed by atoms with Crippen molar-refractivity contribution < 1.29 is 4.90 Å². The molecule has 0 unspecified atom stereocenters. The maximum atomic E-state index is 4.41. The molecule has 3 heterocycles. The predicted molar refractivity (Wildman–Crippen MR) is 71.7 cm³/mol. The van der Waals surface area contributed by atoms with E-state index in [2.05, 4.69) is 29.1 Å². The lowest BCUT2D eigenvalue weighted by molar-refractivity contribution is -0.918. The summed E-state index contributed by atoms with van der Waals surface area (Å²) in [6.07, 6.45) is 4.04. The minimum absolute atomic E-state index is 1.10. The van der Waals surface area contributed by atoms with Crippen molar-refractivity contribution in [1.29, 1.82) is 0 Å². The number of aromatic nitrogens is 2. The molecule has 1 N–H and O–H groups in total. The number of hydrogen-bond acceptors (Lipinski definition) is 2. The Morgan fingerprint density at radius 2 is 2.11 bits per heavy atom. The van der Waals surface area contributed by atoms with E-state index in [1.165, 1.54) is 43.8 Å². The van der Waals surface area contributed by atoms with E-state index < -0.39 is 0 Å². The van der Waals surface area contributed by atoms with Crippen LogP contribution in [0.4, 0.5) is 0 Å². The third-order valence-corrected chi connectivity index (χ3v) is 3.96. The third-order valence-electron chi connectivity index (χ3n) is 3.96. The summed E-state index contributed by atoms with van der Waals surface area (Å²) < 4.78 is 1.97. The maximum Gasteiger partial charge on any atom is 0.107 e. The summed E-state index contributed by atoms with van der Waals surface area (Å²) in [4.78, 5) is 4.21. The number of pyridine rings is 1. The van der Waals surface area contributed by atoms with Crippen molar-refractivity contribution in [3.63, 3.8) is 0 Å². The van der Waals surface area contributed by atoms with Crippen molar-refractivity contribution >= 4 is 5.52 Å². The van der Waals surface area contributed by atoms with Gasteiger partial charge >= 0.3 is 0 Å². The molecule has 18 heavy (non-hydrogen) atoms. The Hall–Kier alpha value is -1.39. The van der Waals surface area contributed by atoms with Crippen LogP contribution in [0.25, 0.3) is 5.52 Å². The minimum Gasteiger partial charge on any atom is -0.329 e. The second kappa shape index (κ2) is 5.08. The highest BCUT2D eigenvalue weighted by Gasteiger charge is 2.19. The van der Waals surface area contributed by atoms with Gasteiger partial charge in [0.15, 0.2) is 0 Å². The van der Waals surface area contributed by atoms with Gasteiger partial charge in [-0.3, -0.25) is 4.90 Å². The topological polar surface area (TPSA) is 25.0 Å². The number of likely N-dealkylation sites (N-methyl/N-ethyl adjacent to an activating group) is 1. The van der Waals surface area contributed by atoms with Crippen molar-refractivity contribution in [3.05, 3.63) is 36.2 Å². The molecule has 0 atom stereocenters. The lowest BCUT2D eigenvalue weighted by Gasteiger charge is -2.31. The average Bonchev–Trinajstić information content (AvgIpc) is 2.83. The van der Waals surface area contributed by atoms with E-state index in [4.69, 9.17) is 0 Å². The van der Waals surface area contributed by atoms with Gasteiger partial charge in [0.1, 0.15) is 6.54 Å². The Labute approximate surface area is 108 Å². The summed E-state index contributed by atoms with van der Waals surface area (Å²) in [6.45, 7) is 9.48. The number of nitrogens with zero attached hydrogens (tertiary/aromatic N) is 3. The van der Waals surface area contributed by atoms with E-state index in [0.717, 1.165) is 6.54 Å². The first-order valence-corrected chi connectivity index (χ1v) is 6.84. The zero-order chi connectivity index (χ0) is 12.4. The normalized spacial score (nSPS) is 18.5. The molecule has 0 amide bonds. The summed E-state index contributed by atoms with van der Waals surface area (Å²) in [5, 5.41) is 4.41. The van der Waals surface area contributed by atoms with Gasteiger partial charge in [-0.15, -0.1) is 0 Å². The van der Waals surface area contributed by atoms with Gasteiger partial charge in [0, 0.05) is 19.3 Å². The molecule has 1 saturated heterocycles. The quantitative estimate of drug-likeness (QED) is 0.827. The van der Waals surface area contributed by atoms with E-state index in [0.29, 0.717) is 0 Å². The first kappa shape index (κ1) is 11.7. The number of rotatable bonds is 3. The van der Waals surface area contributed by atoms with Crippen molar-refractivity contribution in [2.75, 3.05) is 32.7 Å². The van der Waals surface area contributed by atoms with Crippen LogP contribution in [-0.2, 0) is 6.54 Å². The molecule has 0 radical (unpaired) electrons. The molecule has 3 rings (SSSR count). The zero-order valence-electron chi connectivity index (χ0n) is 11.0. The Balaban J connectivity index is 1.70. The van der Waals surface area contributed by atoms with E-state index >= 15 is 0 Å². The molecule has 4 nitrogen and oxygen atoms in total. The Morgan fingerprint density at radius 1 is 1.28 bits per heavy atom. The molecular formula is C14H21N4+. The number of piperazine rings is 1. The summed E-state index contributed by atoms with van der Waals surface area (Å²) in [5.74, 6) is 0. The minimum atomic E-state index is 1.10. The molecule has 2 aromatic heterocycles. The molecule has 0 spiro atoms. The molecule has 0 saturated carbocycles. The highest BCUT2D eigenvalue weighted by Crippen LogP contribution is 2.08. The summed E-state index contributed by atoms with van der Waals surface area (Å²) in [6, 6.07) is 6.27. The molecule has 96 valence electrons. The van der Waals surface area contributed by atoms with Crippen LogP contribution in [0.3, 0.4) is 0 Å². The van der Waals surface area contributed by atoms with Gasteiger partial charge < -0.3 is 4.90 Å². The Morgan fingerprint density at radius 3 is 2.89 bits per heavy atom. The second-order valence-corrected chi connectivity index (χ2v) is 5.06. The van der Waals surface area contributed by atoms with Crippen molar-refractivity contribution in [1.82, 2.24) is 14.5 Å². The average molecular weight is 245 g/mol. The molecule has 1 aliphatic heterocycles. The number of fused-ring (bicyclic) bond motifs is 1. The number of quaternary nitrogens is 1. The van der Waals surface area contributed by atoms with E-state index in [1.54, 1.807) is 4.90 Å². The fraction of sp³-hybridized carbons (Fsp3) is 0.500. The monoisotopic (exact) mass is 245 g/mol. The van der Waals surface area contributed by atoms with Gasteiger partial charge in [0.2, 0.25) is 0 Å². The highest BCUT2D eigenvalue weighted by atomic mass is 15.3. The first-order chi connectivity index (χ1) is 8.86. The molecule has 0 aliphatic carbocycles. The van der Waals surface area contributed by atoms with E-state index in [9.17, 15) is 0 Å². The van der Waals surface area contributed by atoms with Crippen LogP contribution in [0.2, 0.25) is 0 Å². The van der Waals surface area contributed by atoms with Crippen molar-refractivity contribution in [3.8, 4) is 0 Å². The zero-order valence-corrected chi connectivity index (χ0v) is 11.0. The predicted octanol–water partition coefficient (Wildman–Crippen LogP) is 0.0547. The van der Waals surface area contributed by atoms with Gasteiger partial charge in [0.25, 0.3) is 0 Å². The van der Waals surface area contributed by atoms with Crippen LogP contribution in [-0.4, -0.2) is 47.2 Å². The molecule has 2 aromatic rings. The third kappa shape index (κ3) is 2.26. The van der Waals surface area contributed by atoms with Crippen LogP contribution in [0.15, 0.2) is 30.6 Å². The highest BCUT2D eigenvalue weighted by molar-refractivity contribution is 5.52. The summed E-state index contributed by atoms with van der Waals surface area (Å²) in [7, 11) is 0. The van der Waals surface area contributed by atoms with Gasteiger partial charge in [-0.25, -0.2) is 4.52 Å². The maximum absolute atomic E-state index is 4.41. The molecule has 1 fully saturated rings. The van der Waals surface area contributed by atoms with Crippen molar-refractivity contribution in [2.45, 2.75) is 13.5 Å². The molecular weight excluding hydrogens is 224 g/mol. The smallest absolute Gasteiger partial charge is 0.107 e. The van der Waals surface area contributed by atoms with Crippen LogP contribution in [0.5, 0.6) is 0 Å². The fourth-order valence-corrected chi connectivity index (χ4v) is 2.76. The lowest BCUT2D eigenvalue weighted by atomic mass is 10.2. The SMILES string of the molecule is CCN1CC[NH+](Cc2cnn3ccccc23)CC1. The van der Waals surface area contributed by atoms with E-state index in [1.807, 2.05) is 23.0 Å². The van der Waals surface area contributed by atoms with Crippen LogP contribution in [0.1, 0.15) is 12.5 Å². The molecule has 1 aliphatic rings. The molecule has 0 bridgehead atoms. The standard InChI is InChI=1S/C14H20N4/c1-2-16-7-9-17(10-8-16)12-13-11-15-18-6-4-3-5-14(13)18/h3-6,11H,2,7-10,12H2,1H3/p+1. The summed E-state index contributed by atoms with van der Waals surface area (Å²) in [5.41, 5.74) is 2.62. The Kier molecular flexibility index (Phi) is 3.30. The Bertz CT molecular complexity index is 511. The first-order valence-electron chi connectivity index (χ1n) is 6.84. The van der Waals surface area contributed by atoms with Crippen molar-refractivity contribution in [2.24, 2.45) is 0 Å². The largest absolute Gasteiger partial charge is 0.329 e. The molecule has 4 heteroatoms. The van der Waals surface area contributed by atoms with Gasteiger partial charge in [-0.2, -0.15) is 5.10 Å². The van der Waals surface area contributed by atoms with Crippen LogP contribution < -0.4 is 4.90 Å². The number of hydrogen-bond donors (Lipinski definition) is 1. The van der Waals surface area contributed by atoms with Gasteiger partial charge in [0.05, 0.1) is 30.4 Å². The molecule has 0 aromatic carbocycles. The summed E-state index contributed by atoms with van der Waals surface area (Å²) >= 11 is 0.